The number of fused-ring (bicyclic) bond motifs is 1. The highest BCUT2D eigenvalue weighted by molar-refractivity contribution is 9.10. The van der Waals surface area contributed by atoms with Crippen molar-refractivity contribution in [2.45, 2.75) is 74.1 Å². The van der Waals surface area contributed by atoms with Crippen molar-refractivity contribution < 1.29 is 36.8 Å². The number of nitrogens with zero attached hydrogens (tertiary/aromatic N) is 1. The lowest BCUT2D eigenvalue weighted by Gasteiger charge is -2.45. The maximum Gasteiger partial charge on any atom is 0.408 e. The summed E-state index contributed by atoms with van der Waals surface area (Å²) < 4.78 is 37.0. The van der Waals surface area contributed by atoms with Crippen LogP contribution in [0.1, 0.15) is 45.4 Å². The van der Waals surface area contributed by atoms with Gasteiger partial charge in [0.05, 0.1) is 11.0 Å². The molecule has 0 bridgehead atoms. The van der Waals surface area contributed by atoms with Crippen LogP contribution in [0.25, 0.3) is 0 Å². The molecule has 2 heterocycles. The molecule has 1 aromatic rings. The molecule has 12 heteroatoms. The molecule has 1 aliphatic carbocycles. The maximum atomic E-state index is 13.2. The van der Waals surface area contributed by atoms with Gasteiger partial charge in [-0.15, -0.1) is 0 Å². The molecule has 4 atom stereocenters. The second-order valence-corrected chi connectivity index (χ2v) is 11.6. The SMILES string of the molecule is CC1C[C@H](NC(=O)OC2CCCC2)C(=O)N2C[C@@H](OS(=O)(=O)c3ccc(Br)cc3)C[C@]12C(=O)O. The Kier molecular flexibility index (Phi) is 6.94. The Morgan fingerprint density at radius 3 is 2.44 bits per heavy atom. The van der Waals surface area contributed by atoms with Gasteiger partial charge >= 0.3 is 12.1 Å². The van der Waals surface area contributed by atoms with Gasteiger partial charge in [0.2, 0.25) is 5.91 Å². The number of carbonyl (C=O) groups excluding carboxylic acids is 2. The van der Waals surface area contributed by atoms with E-state index in [1.54, 1.807) is 19.1 Å². The zero-order valence-electron chi connectivity index (χ0n) is 18.6. The molecule has 1 unspecified atom stereocenters. The van der Waals surface area contributed by atoms with Crippen LogP contribution in [-0.4, -0.2) is 66.7 Å². The highest BCUT2D eigenvalue weighted by atomic mass is 79.9. The molecule has 34 heavy (non-hydrogen) atoms. The summed E-state index contributed by atoms with van der Waals surface area (Å²) >= 11 is 3.24. The molecule has 3 fully saturated rings. The van der Waals surface area contributed by atoms with Crippen LogP contribution in [0.2, 0.25) is 0 Å². The summed E-state index contributed by atoms with van der Waals surface area (Å²) in [4.78, 5) is 39.0. The van der Waals surface area contributed by atoms with E-state index in [0.717, 1.165) is 30.6 Å². The molecule has 1 saturated carbocycles. The molecule has 0 spiro atoms. The monoisotopic (exact) mass is 558 g/mol. The largest absolute Gasteiger partial charge is 0.479 e. The molecular weight excluding hydrogens is 532 g/mol. The van der Waals surface area contributed by atoms with Gasteiger partial charge in [0.15, 0.2) is 0 Å². The number of carboxylic acid groups (broad SMARTS) is 1. The van der Waals surface area contributed by atoms with Gasteiger partial charge in [0.1, 0.15) is 17.7 Å². The van der Waals surface area contributed by atoms with E-state index in [0.29, 0.717) is 4.47 Å². The normalized spacial score (nSPS) is 29.6. The van der Waals surface area contributed by atoms with E-state index in [4.69, 9.17) is 8.92 Å². The fourth-order valence-corrected chi connectivity index (χ4v) is 6.58. The summed E-state index contributed by atoms with van der Waals surface area (Å²) in [6, 6.07) is 4.90. The minimum Gasteiger partial charge on any atom is -0.479 e. The number of ether oxygens (including phenoxy) is 1. The Morgan fingerprint density at radius 2 is 1.82 bits per heavy atom. The number of hydrogen-bond donors (Lipinski definition) is 2. The highest BCUT2D eigenvalue weighted by Gasteiger charge is 2.62. The van der Waals surface area contributed by atoms with Crippen molar-refractivity contribution in [3.05, 3.63) is 28.7 Å². The molecule has 186 valence electrons. The quantitative estimate of drug-likeness (QED) is 0.508. The number of halogens is 1. The van der Waals surface area contributed by atoms with Crippen molar-refractivity contribution in [2.24, 2.45) is 5.92 Å². The first-order chi connectivity index (χ1) is 16.0. The molecule has 0 aromatic heterocycles. The first-order valence-corrected chi connectivity index (χ1v) is 13.4. The molecule has 3 aliphatic rings. The molecule has 2 aliphatic heterocycles. The van der Waals surface area contributed by atoms with Crippen LogP contribution >= 0.6 is 15.9 Å². The molecule has 2 N–H and O–H groups in total. The van der Waals surface area contributed by atoms with Gasteiger partial charge < -0.3 is 20.1 Å². The lowest BCUT2D eigenvalue weighted by atomic mass is 9.75. The van der Waals surface area contributed by atoms with E-state index in [2.05, 4.69) is 21.2 Å². The first-order valence-electron chi connectivity index (χ1n) is 11.2. The van der Waals surface area contributed by atoms with Crippen LogP contribution in [0.4, 0.5) is 4.79 Å². The van der Waals surface area contributed by atoms with Crippen LogP contribution in [0.5, 0.6) is 0 Å². The molecule has 2 saturated heterocycles. The Morgan fingerprint density at radius 1 is 1.18 bits per heavy atom. The van der Waals surface area contributed by atoms with Crippen LogP contribution in [-0.2, 0) is 28.6 Å². The number of aliphatic carboxylic acids is 1. The molecule has 0 radical (unpaired) electrons. The zero-order chi connectivity index (χ0) is 24.7. The van der Waals surface area contributed by atoms with Crippen molar-refractivity contribution in [2.75, 3.05) is 6.54 Å². The average Bonchev–Trinajstić information content (AvgIpc) is 3.40. The number of rotatable bonds is 6. The Bertz CT molecular complexity index is 1070. The smallest absolute Gasteiger partial charge is 0.408 e. The summed E-state index contributed by atoms with van der Waals surface area (Å²) in [5, 5.41) is 12.7. The van der Waals surface area contributed by atoms with Gasteiger partial charge in [-0.05, 0) is 62.3 Å². The number of carbonyl (C=O) groups is 3. The summed E-state index contributed by atoms with van der Waals surface area (Å²) in [6.45, 7) is 1.46. The van der Waals surface area contributed by atoms with Crippen molar-refractivity contribution in [1.29, 1.82) is 0 Å². The maximum absolute atomic E-state index is 13.2. The summed E-state index contributed by atoms with van der Waals surface area (Å²) in [5.74, 6) is -2.38. The van der Waals surface area contributed by atoms with Gasteiger partial charge in [0, 0.05) is 17.4 Å². The van der Waals surface area contributed by atoms with E-state index in [1.165, 1.54) is 12.1 Å². The third kappa shape index (κ3) is 4.67. The van der Waals surface area contributed by atoms with Crippen LogP contribution < -0.4 is 5.32 Å². The molecule has 1 aromatic carbocycles. The third-order valence-electron chi connectivity index (χ3n) is 6.98. The van der Waals surface area contributed by atoms with Crippen molar-refractivity contribution in [3.63, 3.8) is 0 Å². The van der Waals surface area contributed by atoms with Gasteiger partial charge in [-0.1, -0.05) is 22.9 Å². The summed E-state index contributed by atoms with van der Waals surface area (Å²) in [7, 11) is -4.18. The standard InChI is InChI=1S/C22H27BrN2O8S/c1-13-10-18(24-21(29)32-15-4-2-3-5-15)19(26)25-12-16(11-22(13,25)20(27)28)33-34(30,31)17-8-6-14(23)7-9-17/h6-9,13,15-16,18H,2-5,10-12H2,1H3,(H,24,29)(H,27,28)/t13?,16-,18-,22+/m0/s1. The van der Waals surface area contributed by atoms with E-state index >= 15 is 0 Å². The van der Waals surface area contributed by atoms with Gasteiger partial charge in [-0.3, -0.25) is 8.98 Å². The van der Waals surface area contributed by atoms with Crippen molar-refractivity contribution >= 4 is 44.0 Å². The summed E-state index contributed by atoms with van der Waals surface area (Å²) in [5.41, 5.74) is -1.62. The minimum atomic E-state index is -4.18. The van der Waals surface area contributed by atoms with E-state index in [9.17, 15) is 27.9 Å². The predicted molar refractivity (Wildman–Crippen MR) is 122 cm³/mol. The fourth-order valence-electron chi connectivity index (χ4n) is 5.25. The van der Waals surface area contributed by atoms with Crippen molar-refractivity contribution in [1.82, 2.24) is 10.2 Å². The molecule has 10 nitrogen and oxygen atoms in total. The van der Waals surface area contributed by atoms with Crippen molar-refractivity contribution in [3.8, 4) is 0 Å². The summed E-state index contributed by atoms with van der Waals surface area (Å²) in [6.07, 6.45) is 1.52. The Hall–Kier alpha value is -2.18. The molecule has 4 rings (SSSR count). The average molecular weight is 559 g/mol. The first kappa shape index (κ1) is 24.9. The van der Waals surface area contributed by atoms with Crippen LogP contribution in [0, 0.1) is 5.92 Å². The number of nitrogens with one attached hydrogen (secondary N) is 1. The second-order valence-electron chi connectivity index (χ2n) is 9.15. The zero-order valence-corrected chi connectivity index (χ0v) is 21.0. The lowest BCUT2D eigenvalue weighted by Crippen LogP contribution is -2.66. The number of amides is 2. The molecular formula is C22H27BrN2O8S. The van der Waals surface area contributed by atoms with E-state index in [1.807, 2.05) is 0 Å². The topological polar surface area (TPSA) is 139 Å². The van der Waals surface area contributed by atoms with E-state index < -0.39 is 51.7 Å². The number of alkyl carbamates (subject to hydrolysis) is 1. The number of carboxylic acids is 1. The number of piperidine rings is 1. The van der Waals surface area contributed by atoms with Gasteiger partial charge in [-0.2, -0.15) is 8.42 Å². The lowest BCUT2D eigenvalue weighted by molar-refractivity contribution is -0.166. The van der Waals surface area contributed by atoms with Gasteiger partial charge in [0.25, 0.3) is 10.1 Å². The fraction of sp³-hybridized carbons (Fsp3) is 0.591. The number of benzene rings is 1. The van der Waals surface area contributed by atoms with Crippen LogP contribution in [0.15, 0.2) is 33.6 Å². The minimum absolute atomic E-state index is 0.0708. The third-order valence-corrected chi connectivity index (χ3v) is 8.88. The van der Waals surface area contributed by atoms with E-state index in [-0.39, 0.29) is 30.4 Å². The number of hydrogen-bond acceptors (Lipinski definition) is 7. The molecule has 2 amide bonds. The van der Waals surface area contributed by atoms with Gasteiger partial charge in [-0.25, -0.2) is 9.59 Å². The Labute approximate surface area is 206 Å². The highest BCUT2D eigenvalue weighted by Crippen LogP contribution is 2.44. The predicted octanol–water partition coefficient (Wildman–Crippen LogP) is 2.66. The van der Waals surface area contributed by atoms with Crippen LogP contribution in [0.3, 0.4) is 0 Å². The Balaban J connectivity index is 1.50. The second kappa shape index (κ2) is 9.46.